The van der Waals surface area contributed by atoms with Crippen LogP contribution >= 0.6 is 11.8 Å². The molecule has 132 valence electrons. The highest BCUT2D eigenvalue weighted by Crippen LogP contribution is 2.22. The van der Waals surface area contributed by atoms with Crippen molar-refractivity contribution in [1.29, 1.82) is 0 Å². The summed E-state index contributed by atoms with van der Waals surface area (Å²) in [7, 11) is 0. The van der Waals surface area contributed by atoms with Crippen molar-refractivity contribution in [3.05, 3.63) is 59.7 Å². The summed E-state index contributed by atoms with van der Waals surface area (Å²) in [6.07, 6.45) is 0.859. The van der Waals surface area contributed by atoms with E-state index >= 15 is 0 Å². The molecule has 2 rings (SSSR count). The van der Waals surface area contributed by atoms with E-state index in [9.17, 15) is 9.59 Å². The minimum atomic E-state index is -0.314. The normalized spacial score (nSPS) is 11.6. The zero-order chi connectivity index (χ0) is 18.2. The third-order valence-corrected chi connectivity index (χ3v) is 5.02. The summed E-state index contributed by atoms with van der Waals surface area (Å²) in [6, 6.07) is 15.3. The van der Waals surface area contributed by atoms with E-state index in [0.717, 1.165) is 28.9 Å². The van der Waals surface area contributed by atoms with Gasteiger partial charge in [-0.25, -0.2) is 0 Å². The minimum absolute atomic E-state index is 0.0819. The average Bonchev–Trinajstić information content (AvgIpc) is 2.62. The molecule has 0 saturated carbocycles. The minimum Gasteiger partial charge on any atom is -0.325 e. The van der Waals surface area contributed by atoms with Gasteiger partial charge < -0.3 is 10.6 Å². The van der Waals surface area contributed by atoms with Gasteiger partial charge in [-0.2, -0.15) is 0 Å². The average molecular weight is 356 g/mol. The summed E-state index contributed by atoms with van der Waals surface area (Å²) < 4.78 is 0. The SMILES string of the molecule is CCc1cccc(C)c1NC(=O)C(C)SCC(=O)Nc1ccccc1. The number of hydrogen-bond donors (Lipinski definition) is 2. The van der Waals surface area contributed by atoms with Crippen molar-refractivity contribution < 1.29 is 9.59 Å². The van der Waals surface area contributed by atoms with E-state index < -0.39 is 0 Å². The van der Waals surface area contributed by atoms with Gasteiger partial charge in [0.15, 0.2) is 0 Å². The summed E-state index contributed by atoms with van der Waals surface area (Å²) >= 11 is 1.33. The van der Waals surface area contributed by atoms with Gasteiger partial charge in [0.25, 0.3) is 0 Å². The molecule has 4 nitrogen and oxygen atoms in total. The van der Waals surface area contributed by atoms with Gasteiger partial charge in [-0.3, -0.25) is 9.59 Å². The fraction of sp³-hybridized carbons (Fsp3) is 0.300. The van der Waals surface area contributed by atoms with E-state index in [1.54, 1.807) is 0 Å². The number of benzene rings is 2. The van der Waals surface area contributed by atoms with Gasteiger partial charge in [-0.15, -0.1) is 11.8 Å². The van der Waals surface area contributed by atoms with E-state index in [-0.39, 0.29) is 22.8 Å². The standard InChI is InChI=1S/C20H24N2O2S/c1-4-16-10-8-9-14(2)19(16)22-20(24)15(3)25-13-18(23)21-17-11-6-5-7-12-17/h5-12,15H,4,13H2,1-3H3,(H,21,23)(H,22,24). The summed E-state index contributed by atoms with van der Waals surface area (Å²) in [5.41, 5.74) is 3.81. The number of rotatable bonds is 7. The Labute approximate surface area is 153 Å². The fourth-order valence-corrected chi connectivity index (χ4v) is 3.11. The first-order valence-electron chi connectivity index (χ1n) is 8.37. The van der Waals surface area contributed by atoms with E-state index in [1.807, 2.05) is 62.4 Å². The number of carbonyl (C=O) groups excluding carboxylic acids is 2. The Kier molecular flexibility index (Phi) is 7.07. The topological polar surface area (TPSA) is 58.2 Å². The molecule has 2 N–H and O–H groups in total. The number of carbonyl (C=O) groups is 2. The van der Waals surface area contributed by atoms with Crippen LogP contribution < -0.4 is 10.6 Å². The van der Waals surface area contributed by atoms with Crippen LogP contribution in [0.4, 0.5) is 11.4 Å². The Bertz CT molecular complexity index is 732. The van der Waals surface area contributed by atoms with Crippen LogP contribution in [-0.2, 0) is 16.0 Å². The lowest BCUT2D eigenvalue weighted by Gasteiger charge is -2.16. The highest BCUT2D eigenvalue weighted by atomic mass is 32.2. The van der Waals surface area contributed by atoms with Crippen molar-refractivity contribution in [3.63, 3.8) is 0 Å². The van der Waals surface area contributed by atoms with Crippen molar-refractivity contribution >= 4 is 35.0 Å². The largest absolute Gasteiger partial charge is 0.325 e. The zero-order valence-corrected chi connectivity index (χ0v) is 15.7. The van der Waals surface area contributed by atoms with Crippen molar-refractivity contribution in [2.24, 2.45) is 0 Å². The van der Waals surface area contributed by atoms with Crippen LogP contribution in [0.15, 0.2) is 48.5 Å². The Morgan fingerprint density at radius 2 is 1.76 bits per heavy atom. The second kappa shape index (κ2) is 9.28. The predicted octanol–water partition coefficient (Wildman–Crippen LogP) is 4.26. The van der Waals surface area contributed by atoms with Crippen LogP contribution in [0, 0.1) is 6.92 Å². The van der Waals surface area contributed by atoms with Gasteiger partial charge in [0.05, 0.1) is 11.0 Å². The zero-order valence-electron chi connectivity index (χ0n) is 14.8. The third-order valence-electron chi connectivity index (χ3n) is 3.88. The molecule has 0 aliphatic heterocycles. The molecule has 0 fully saturated rings. The van der Waals surface area contributed by atoms with E-state index in [4.69, 9.17) is 0 Å². The van der Waals surface area contributed by atoms with Gasteiger partial charge in [0.1, 0.15) is 0 Å². The van der Waals surface area contributed by atoms with Crippen LogP contribution in [0.2, 0.25) is 0 Å². The van der Waals surface area contributed by atoms with Gasteiger partial charge in [-0.05, 0) is 43.5 Å². The van der Waals surface area contributed by atoms with E-state index in [0.29, 0.717) is 0 Å². The van der Waals surface area contributed by atoms with Crippen LogP contribution in [0.1, 0.15) is 25.0 Å². The molecule has 2 amide bonds. The van der Waals surface area contributed by atoms with Gasteiger partial charge in [0, 0.05) is 11.4 Å². The fourth-order valence-electron chi connectivity index (χ4n) is 2.42. The lowest BCUT2D eigenvalue weighted by molar-refractivity contribution is -0.115. The predicted molar refractivity (Wildman–Crippen MR) is 106 cm³/mol. The summed E-state index contributed by atoms with van der Waals surface area (Å²) in [6.45, 7) is 5.87. The Morgan fingerprint density at radius 1 is 1.04 bits per heavy atom. The highest BCUT2D eigenvalue weighted by molar-refractivity contribution is 8.01. The molecule has 0 saturated heterocycles. The number of aryl methyl sites for hydroxylation is 2. The number of amides is 2. The molecular weight excluding hydrogens is 332 g/mol. The molecule has 0 radical (unpaired) electrons. The Morgan fingerprint density at radius 3 is 2.44 bits per heavy atom. The Balaban J connectivity index is 1.87. The third kappa shape index (κ3) is 5.64. The number of hydrogen-bond acceptors (Lipinski definition) is 3. The molecule has 0 heterocycles. The maximum Gasteiger partial charge on any atom is 0.237 e. The number of anilines is 2. The van der Waals surface area contributed by atoms with Gasteiger partial charge >= 0.3 is 0 Å². The molecule has 2 aromatic carbocycles. The first-order chi connectivity index (χ1) is 12.0. The van der Waals surface area contributed by atoms with E-state index in [2.05, 4.69) is 17.6 Å². The first-order valence-corrected chi connectivity index (χ1v) is 9.42. The van der Waals surface area contributed by atoms with Gasteiger partial charge in [-0.1, -0.05) is 43.3 Å². The summed E-state index contributed by atoms with van der Waals surface area (Å²) in [5.74, 6) is 0.0419. The molecule has 5 heteroatoms. The molecule has 2 aromatic rings. The maximum absolute atomic E-state index is 12.4. The lowest BCUT2D eigenvalue weighted by atomic mass is 10.1. The summed E-state index contributed by atoms with van der Waals surface area (Å²) in [4.78, 5) is 24.4. The first kappa shape index (κ1) is 19.1. The number of thioether (sulfide) groups is 1. The Hall–Kier alpha value is -2.27. The monoisotopic (exact) mass is 356 g/mol. The molecule has 0 aliphatic carbocycles. The molecular formula is C20H24N2O2S. The smallest absolute Gasteiger partial charge is 0.237 e. The quantitative estimate of drug-likeness (QED) is 0.779. The van der Waals surface area contributed by atoms with Gasteiger partial charge in [0.2, 0.25) is 11.8 Å². The van der Waals surface area contributed by atoms with Crippen LogP contribution in [0.25, 0.3) is 0 Å². The molecule has 25 heavy (non-hydrogen) atoms. The molecule has 0 aliphatic rings. The number of para-hydroxylation sites is 2. The van der Waals surface area contributed by atoms with Crippen LogP contribution in [0.3, 0.4) is 0 Å². The summed E-state index contributed by atoms with van der Waals surface area (Å²) in [5, 5.41) is 5.52. The second-order valence-electron chi connectivity index (χ2n) is 5.82. The lowest BCUT2D eigenvalue weighted by Crippen LogP contribution is -2.25. The maximum atomic E-state index is 12.4. The molecule has 1 unspecified atom stereocenters. The van der Waals surface area contributed by atoms with Crippen molar-refractivity contribution in [2.75, 3.05) is 16.4 Å². The van der Waals surface area contributed by atoms with Crippen molar-refractivity contribution in [3.8, 4) is 0 Å². The highest BCUT2D eigenvalue weighted by Gasteiger charge is 2.17. The van der Waals surface area contributed by atoms with E-state index in [1.165, 1.54) is 11.8 Å². The molecule has 1 atom stereocenters. The number of nitrogens with one attached hydrogen (secondary N) is 2. The van der Waals surface area contributed by atoms with Crippen LogP contribution in [-0.4, -0.2) is 22.8 Å². The van der Waals surface area contributed by atoms with Crippen molar-refractivity contribution in [2.45, 2.75) is 32.4 Å². The molecule has 0 spiro atoms. The second-order valence-corrected chi connectivity index (χ2v) is 7.15. The van der Waals surface area contributed by atoms with Crippen molar-refractivity contribution in [1.82, 2.24) is 0 Å². The molecule has 0 aromatic heterocycles. The molecule has 0 bridgehead atoms. The van der Waals surface area contributed by atoms with Crippen LogP contribution in [0.5, 0.6) is 0 Å².